The van der Waals surface area contributed by atoms with Gasteiger partial charge >= 0.3 is 5.97 Å². The van der Waals surface area contributed by atoms with Crippen molar-refractivity contribution in [3.8, 4) is 11.3 Å². The van der Waals surface area contributed by atoms with Crippen molar-refractivity contribution < 1.29 is 14.3 Å². The number of aromatic nitrogens is 3. The minimum absolute atomic E-state index is 0.156. The van der Waals surface area contributed by atoms with Crippen molar-refractivity contribution in [2.75, 3.05) is 43.9 Å². The monoisotopic (exact) mass is 643 g/mol. The van der Waals surface area contributed by atoms with Crippen LogP contribution in [-0.2, 0) is 20.9 Å². The Hall–Kier alpha value is -4.25. The number of hydrogen-bond acceptors (Lipinski definition) is 8. The van der Waals surface area contributed by atoms with Crippen LogP contribution in [0.1, 0.15) is 39.2 Å². The predicted molar refractivity (Wildman–Crippen MR) is 184 cm³/mol. The zero-order chi connectivity index (χ0) is 32.7. The lowest BCUT2D eigenvalue weighted by atomic mass is 10.0. The fourth-order valence-corrected chi connectivity index (χ4v) is 5.64. The summed E-state index contributed by atoms with van der Waals surface area (Å²) in [6, 6.07) is 16.3. The van der Waals surface area contributed by atoms with Gasteiger partial charge in [0.2, 0.25) is 11.9 Å². The third-order valence-corrected chi connectivity index (χ3v) is 7.92. The molecule has 0 atom stereocenters. The van der Waals surface area contributed by atoms with Gasteiger partial charge < -0.3 is 20.4 Å². The van der Waals surface area contributed by atoms with E-state index in [1.807, 2.05) is 69.4 Å². The maximum atomic E-state index is 12.4. The summed E-state index contributed by atoms with van der Waals surface area (Å²) in [7, 11) is 1.81. The number of rotatable bonds is 11. The van der Waals surface area contributed by atoms with Gasteiger partial charge in [-0.1, -0.05) is 48.0 Å². The van der Waals surface area contributed by atoms with Crippen LogP contribution in [0.3, 0.4) is 0 Å². The van der Waals surface area contributed by atoms with Crippen LogP contribution in [0.5, 0.6) is 0 Å². The molecule has 1 fully saturated rings. The Bertz CT molecular complexity index is 1670. The van der Waals surface area contributed by atoms with E-state index in [-0.39, 0.29) is 24.5 Å². The minimum atomic E-state index is -0.517. The average Bonchev–Trinajstić information content (AvgIpc) is 3.43. The van der Waals surface area contributed by atoms with E-state index in [1.54, 1.807) is 24.2 Å². The van der Waals surface area contributed by atoms with Crippen LogP contribution in [0.2, 0.25) is 5.02 Å². The van der Waals surface area contributed by atoms with Gasteiger partial charge in [0.05, 0.1) is 23.5 Å². The van der Waals surface area contributed by atoms with Crippen molar-refractivity contribution in [1.82, 2.24) is 24.8 Å². The highest BCUT2D eigenvalue weighted by Gasteiger charge is 2.21. The predicted octanol–water partition coefficient (Wildman–Crippen LogP) is 6.12. The summed E-state index contributed by atoms with van der Waals surface area (Å²) in [6.45, 7) is 8.86. The maximum absolute atomic E-state index is 12.4. The normalized spacial score (nSPS) is 14.7. The molecule has 1 saturated heterocycles. The third kappa shape index (κ3) is 9.38. The summed E-state index contributed by atoms with van der Waals surface area (Å²) in [4.78, 5) is 41.1. The Morgan fingerprint density at radius 2 is 1.87 bits per heavy atom. The number of benzene rings is 2. The second kappa shape index (κ2) is 14.9. The van der Waals surface area contributed by atoms with Crippen LogP contribution in [0.15, 0.2) is 73.1 Å². The zero-order valence-electron chi connectivity index (χ0n) is 26.8. The number of aromatic amines is 1. The highest BCUT2D eigenvalue weighted by Crippen LogP contribution is 2.32. The molecule has 46 heavy (non-hydrogen) atoms. The SMILES string of the molecule is CN(C/C=C/C(=O)Nc1ccc(CN2CCC(Nc3ncc(Cl)c(-c4c[nH]c5ccccc45)n3)CC2)cc1)CC(=O)OC(C)(C)C. The molecular formula is C35H42ClN7O3. The zero-order valence-corrected chi connectivity index (χ0v) is 27.6. The number of para-hydroxylation sites is 1. The topological polar surface area (TPSA) is 115 Å². The van der Waals surface area contributed by atoms with Crippen molar-refractivity contribution in [3.05, 3.63) is 83.7 Å². The first-order chi connectivity index (χ1) is 22.0. The number of carbonyl (C=O) groups is 2. The number of amides is 1. The molecule has 11 heteroatoms. The number of nitrogens with one attached hydrogen (secondary N) is 3. The Morgan fingerprint density at radius 1 is 1.13 bits per heavy atom. The number of piperidine rings is 1. The lowest BCUT2D eigenvalue weighted by Gasteiger charge is -2.32. The lowest BCUT2D eigenvalue weighted by molar-refractivity contribution is -0.155. The van der Waals surface area contributed by atoms with Crippen LogP contribution in [0.25, 0.3) is 22.2 Å². The number of ether oxygens (including phenoxy) is 1. The van der Waals surface area contributed by atoms with Gasteiger partial charge in [-0.15, -0.1) is 0 Å². The average molecular weight is 644 g/mol. The molecule has 4 aromatic rings. The quantitative estimate of drug-likeness (QED) is 0.132. The van der Waals surface area contributed by atoms with E-state index in [4.69, 9.17) is 21.3 Å². The molecule has 0 bridgehead atoms. The number of H-pyrrole nitrogens is 1. The maximum Gasteiger partial charge on any atom is 0.320 e. The highest BCUT2D eigenvalue weighted by molar-refractivity contribution is 6.33. The molecule has 1 aliphatic heterocycles. The van der Waals surface area contributed by atoms with Crippen molar-refractivity contribution >= 4 is 46.0 Å². The Morgan fingerprint density at radius 3 is 2.61 bits per heavy atom. The fraction of sp³-hybridized carbons (Fsp3) is 0.371. The first-order valence-electron chi connectivity index (χ1n) is 15.6. The van der Waals surface area contributed by atoms with Gasteiger partial charge in [0.25, 0.3) is 0 Å². The summed E-state index contributed by atoms with van der Waals surface area (Å²) < 4.78 is 5.33. The van der Waals surface area contributed by atoms with Gasteiger partial charge in [-0.3, -0.25) is 19.4 Å². The van der Waals surface area contributed by atoms with E-state index in [0.29, 0.717) is 23.2 Å². The number of likely N-dealkylation sites (N-methyl/N-ethyl adjacent to an activating group) is 1. The van der Waals surface area contributed by atoms with E-state index in [0.717, 1.165) is 54.6 Å². The van der Waals surface area contributed by atoms with Crippen LogP contribution >= 0.6 is 11.6 Å². The number of anilines is 2. The van der Waals surface area contributed by atoms with Crippen LogP contribution in [0, 0.1) is 0 Å². The number of esters is 1. The van der Waals surface area contributed by atoms with E-state index in [2.05, 4.69) is 31.6 Å². The molecule has 2 aromatic heterocycles. The Labute approximate surface area is 275 Å². The van der Waals surface area contributed by atoms with Crippen molar-refractivity contribution in [3.63, 3.8) is 0 Å². The van der Waals surface area contributed by atoms with Crippen LogP contribution < -0.4 is 10.6 Å². The summed E-state index contributed by atoms with van der Waals surface area (Å²) in [6.07, 6.45) is 8.77. The lowest BCUT2D eigenvalue weighted by Crippen LogP contribution is -2.39. The largest absolute Gasteiger partial charge is 0.459 e. The van der Waals surface area contributed by atoms with Crippen LogP contribution in [-0.4, -0.2) is 81.5 Å². The smallest absolute Gasteiger partial charge is 0.320 e. The van der Waals surface area contributed by atoms with E-state index < -0.39 is 5.60 Å². The number of hydrogen-bond donors (Lipinski definition) is 3. The van der Waals surface area contributed by atoms with Gasteiger partial charge in [-0.2, -0.15) is 0 Å². The number of carbonyl (C=O) groups excluding carboxylic acids is 2. The summed E-state index contributed by atoms with van der Waals surface area (Å²) >= 11 is 6.51. The van der Waals surface area contributed by atoms with Gasteiger partial charge in [0, 0.05) is 66.6 Å². The molecule has 0 aliphatic carbocycles. The van der Waals surface area contributed by atoms with Crippen molar-refractivity contribution in [2.24, 2.45) is 0 Å². The van der Waals surface area contributed by atoms with Gasteiger partial charge in [0.1, 0.15) is 5.60 Å². The summed E-state index contributed by atoms with van der Waals surface area (Å²) in [5, 5.41) is 8.01. The highest BCUT2D eigenvalue weighted by atomic mass is 35.5. The summed E-state index contributed by atoms with van der Waals surface area (Å²) in [5.74, 6) is 0.0763. The van der Waals surface area contributed by atoms with E-state index in [9.17, 15) is 9.59 Å². The molecule has 242 valence electrons. The molecule has 0 radical (unpaired) electrons. The molecule has 5 rings (SSSR count). The second-order valence-corrected chi connectivity index (χ2v) is 13.1. The molecule has 0 saturated carbocycles. The van der Waals surface area contributed by atoms with Crippen molar-refractivity contribution in [2.45, 2.75) is 51.8 Å². The first kappa shape index (κ1) is 33.1. The van der Waals surface area contributed by atoms with Crippen LogP contribution in [0.4, 0.5) is 11.6 Å². The minimum Gasteiger partial charge on any atom is -0.459 e. The van der Waals surface area contributed by atoms with Gasteiger partial charge in [-0.25, -0.2) is 9.97 Å². The molecular weight excluding hydrogens is 602 g/mol. The molecule has 2 aromatic carbocycles. The number of nitrogens with zero attached hydrogens (tertiary/aromatic N) is 4. The number of fused-ring (bicyclic) bond motifs is 1. The molecule has 3 N–H and O–H groups in total. The van der Waals surface area contributed by atoms with Crippen molar-refractivity contribution in [1.29, 1.82) is 0 Å². The number of likely N-dealkylation sites (tertiary alicyclic amines) is 1. The van der Waals surface area contributed by atoms with Gasteiger partial charge in [0.15, 0.2) is 0 Å². The second-order valence-electron chi connectivity index (χ2n) is 12.7. The molecule has 1 aliphatic rings. The molecule has 3 heterocycles. The molecule has 0 spiro atoms. The fourth-order valence-electron chi connectivity index (χ4n) is 5.44. The van der Waals surface area contributed by atoms with Gasteiger partial charge in [-0.05, 0) is 64.4 Å². The third-order valence-electron chi connectivity index (χ3n) is 7.64. The standard InChI is InChI=1S/C35H42ClN7O3/c1-35(2,3)46-32(45)23-42(4)17-7-10-31(44)39-25-13-11-24(12-14-25)22-43-18-15-26(16-19-43)40-34-38-21-29(36)33(41-34)28-20-37-30-9-6-5-8-27(28)30/h5-14,20-21,26,37H,15-19,22-23H2,1-4H3,(H,39,44)(H,38,40,41)/b10-7+. The van der Waals surface area contributed by atoms with E-state index in [1.165, 1.54) is 11.6 Å². The molecule has 0 unspecified atom stereocenters. The first-order valence-corrected chi connectivity index (χ1v) is 15.9. The Kier molecular flexibility index (Phi) is 10.7. The molecule has 10 nitrogen and oxygen atoms in total. The molecule has 1 amide bonds. The Balaban J connectivity index is 1.05. The number of halogens is 1. The van der Waals surface area contributed by atoms with E-state index >= 15 is 0 Å². The summed E-state index contributed by atoms with van der Waals surface area (Å²) in [5.41, 5.74) is 4.12.